The van der Waals surface area contributed by atoms with E-state index in [9.17, 15) is 4.79 Å². The van der Waals surface area contributed by atoms with Crippen molar-refractivity contribution in [2.75, 3.05) is 7.11 Å². The van der Waals surface area contributed by atoms with Crippen molar-refractivity contribution in [3.05, 3.63) is 40.4 Å². The quantitative estimate of drug-likeness (QED) is 0.630. The van der Waals surface area contributed by atoms with E-state index in [1.165, 1.54) is 6.08 Å². The number of carbonyl (C=O) groups excluding carboxylic acids is 1. The first-order chi connectivity index (χ1) is 7.67. The molecule has 0 unspecified atom stereocenters. The van der Waals surface area contributed by atoms with E-state index in [-0.39, 0.29) is 12.6 Å². The first-order valence-corrected chi connectivity index (χ1v) is 5.58. The lowest BCUT2D eigenvalue weighted by atomic mass is 10.2. The molecule has 0 aliphatic rings. The highest BCUT2D eigenvalue weighted by atomic mass is 79.9. The number of hydrogen-bond acceptors (Lipinski definition) is 3. The van der Waals surface area contributed by atoms with E-state index in [0.29, 0.717) is 5.75 Å². The number of allylic oxidation sites excluding steroid dienone is 1. The minimum atomic E-state index is -0.357. The zero-order chi connectivity index (χ0) is 12.0. The van der Waals surface area contributed by atoms with Gasteiger partial charge in [0.15, 0.2) is 0 Å². The summed E-state index contributed by atoms with van der Waals surface area (Å²) in [7, 11) is 1.58. The molecule has 0 spiro atoms. The van der Waals surface area contributed by atoms with Crippen LogP contribution in [0.5, 0.6) is 5.75 Å². The Morgan fingerprint density at radius 3 is 2.88 bits per heavy atom. The second kappa shape index (κ2) is 6.33. The van der Waals surface area contributed by atoms with Crippen LogP contribution in [0.3, 0.4) is 0 Å². The van der Waals surface area contributed by atoms with Crippen molar-refractivity contribution in [1.29, 1.82) is 0 Å². The van der Waals surface area contributed by atoms with Crippen LogP contribution >= 0.6 is 15.9 Å². The smallest absolute Gasteiger partial charge is 0.330 e. The molecule has 0 saturated carbocycles. The summed E-state index contributed by atoms with van der Waals surface area (Å²) in [6.45, 7) is 1.97. The SMILES string of the molecule is C/C=C/C(=O)OCc1cc(Br)ccc1OC. The Hall–Kier alpha value is -1.29. The van der Waals surface area contributed by atoms with Gasteiger partial charge in [-0.25, -0.2) is 4.79 Å². The maximum absolute atomic E-state index is 11.1. The molecule has 0 bridgehead atoms. The number of methoxy groups -OCH3 is 1. The minimum Gasteiger partial charge on any atom is -0.496 e. The van der Waals surface area contributed by atoms with Crippen molar-refractivity contribution in [3.63, 3.8) is 0 Å². The Balaban J connectivity index is 2.72. The van der Waals surface area contributed by atoms with Gasteiger partial charge in [-0.2, -0.15) is 0 Å². The standard InChI is InChI=1S/C12H13BrO3/c1-3-4-12(14)16-8-9-7-10(13)5-6-11(9)15-2/h3-7H,8H2,1-2H3/b4-3+. The molecule has 4 heteroatoms. The molecule has 0 aliphatic heterocycles. The fourth-order valence-electron chi connectivity index (χ4n) is 1.19. The van der Waals surface area contributed by atoms with Gasteiger partial charge in [0.05, 0.1) is 7.11 Å². The Morgan fingerprint density at radius 2 is 2.25 bits per heavy atom. The molecule has 0 amide bonds. The normalized spacial score (nSPS) is 10.4. The highest BCUT2D eigenvalue weighted by Crippen LogP contribution is 2.23. The van der Waals surface area contributed by atoms with E-state index in [0.717, 1.165) is 10.0 Å². The van der Waals surface area contributed by atoms with Crippen LogP contribution in [0, 0.1) is 0 Å². The lowest BCUT2D eigenvalue weighted by Gasteiger charge is -2.08. The predicted molar refractivity (Wildman–Crippen MR) is 65.3 cm³/mol. The van der Waals surface area contributed by atoms with E-state index < -0.39 is 0 Å². The third-order valence-electron chi connectivity index (χ3n) is 1.92. The minimum absolute atomic E-state index is 0.200. The zero-order valence-electron chi connectivity index (χ0n) is 9.20. The summed E-state index contributed by atoms with van der Waals surface area (Å²) < 4.78 is 11.1. The van der Waals surface area contributed by atoms with Gasteiger partial charge in [-0.05, 0) is 25.1 Å². The highest BCUT2D eigenvalue weighted by molar-refractivity contribution is 9.10. The zero-order valence-corrected chi connectivity index (χ0v) is 10.8. The molecule has 1 aromatic rings. The molecule has 0 aromatic heterocycles. The van der Waals surface area contributed by atoms with Gasteiger partial charge >= 0.3 is 5.97 Å². The molecule has 0 fully saturated rings. The van der Waals surface area contributed by atoms with Crippen LogP contribution in [-0.4, -0.2) is 13.1 Å². The summed E-state index contributed by atoms with van der Waals surface area (Å²) in [6, 6.07) is 5.56. The molecule has 16 heavy (non-hydrogen) atoms. The van der Waals surface area contributed by atoms with Gasteiger partial charge in [0.25, 0.3) is 0 Å². The molecule has 3 nitrogen and oxygen atoms in total. The molecule has 0 atom stereocenters. The summed E-state index contributed by atoms with van der Waals surface area (Å²) in [5.41, 5.74) is 0.828. The fourth-order valence-corrected chi connectivity index (χ4v) is 1.60. The van der Waals surface area contributed by atoms with E-state index in [2.05, 4.69) is 15.9 Å². The first-order valence-electron chi connectivity index (χ1n) is 4.79. The van der Waals surface area contributed by atoms with Crippen LogP contribution < -0.4 is 4.74 Å². The average molecular weight is 285 g/mol. The van der Waals surface area contributed by atoms with Crippen molar-refractivity contribution in [2.45, 2.75) is 13.5 Å². The second-order valence-corrected chi connectivity index (χ2v) is 3.98. The van der Waals surface area contributed by atoms with Crippen LogP contribution in [-0.2, 0) is 16.1 Å². The largest absolute Gasteiger partial charge is 0.496 e. The summed E-state index contributed by atoms with van der Waals surface area (Å²) >= 11 is 3.35. The Labute approximate surface area is 103 Å². The number of halogens is 1. The average Bonchev–Trinajstić information content (AvgIpc) is 2.27. The molecule has 0 saturated heterocycles. The molecule has 1 rings (SSSR count). The first kappa shape index (κ1) is 12.8. The molecule has 0 aliphatic carbocycles. The number of hydrogen-bond donors (Lipinski definition) is 0. The molecule has 0 radical (unpaired) electrons. The fraction of sp³-hybridized carbons (Fsp3) is 0.250. The van der Waals surface area contributed by atoms with Crippen LogP contribution in [0.15, 0.2) is 34.8 Å². The maximum Gasteiger partial charge on any atom is 0.330 e. The lowest BCUT2D eigenvalue weighted by Crippen LogP contribution is -2.02. The van der Waals surface area contributed by atoms with Crippen LogP contribution in [0.2, 0.25) is 0 Å². The molecular weight excluding hydrogens is 272 g/mol. The van der Waals surface area contributed by atoms with Crippen molar-refractivity contribution in [2.24, 2.45) is 0 Å². The summed E-state index contributed by atoms with van der Waals surface area (Å²) in [5, 5.41) is 0. The van der Waals surface area contributed by atoms with E-state index >= 15 is 0 Å². The van der Waals surface area contributed by atoms with E-state index in [1.807, 2.05) is 18.2 Å². The number of benzene rings is 1. The van der Waals surface area contributed by atoms with Crippen molar-refractivity contribution in [1.82, 2.24) is 0 Å². The molecule has 86 valence electrons. The predicted octanol–water partition coefficient (Wildman–Crippen LogP) is 3.08. The van der Waals surface area contributed by atoms with E-state index in [4.69, 9.17) is 9.47 Å². The lowest BCUT2D eigenvalue weighted by molar-refractivity contribution is -0.139. The van der Waals surface area contributed by atoms with Gasteiger partial charge in [-0.1, -0.05) is 22.0 Å². The Kier molecular flexibility index (Phi) is 5.05. The van der Waals surface area contributed by atoms with Crippen molar-refractivity contribution < 1.29 is 14.3 Å². The molecule has 1 aromatic carbocycles. The third kappa shape index (κ3) is 3.70. The van der Waals surface area contributed by atoms with Crippen LogP contribution in [0.4, 0.5) is 0 Å². The molecule has 0 heterocycles. The van der Waals surface area contributed by atoms with Gasteiger partial charge in [-0.3, -0.25) is 0 Å². The topological polar surface area (TPSA) is 35.5 Å². The third-order valence-corrected chi connectivity index (χ3v) is 2.41. The van der Waals surface area contributed by atoms with Gasteiger partial charge in [0.1, 0.15) is 12.4 Å². The van der Waals surface area contributed by atoms with Crippen LogP contribution in [0.25, 0.3) is 0 Å². The Bertz CT molecular complexity index is 399. The molecular formula is C12H13BrO3. The maximum atomic E-state index is 11.1. The molecule has 0 N–H and O–H groups in total. The summed E-state index contributed by atoms with van der Waals surface area (Å²) in [6.07, 6.45) is 3.02. The summed E-state index contributed by atoms with van der Waals surface area (Å²) in [5.74, 6) is 0.348. The highest BCUT2D eigenvalue weighted by Gasteiger charge is 2.05. The number of ether oxygens (including phenoxy) is 2. The van der Waals surface area contributed by atoms with Gasteiger partial charge < -0.3 is 9.47 Å². The number of esters is 1. The van der Waals surface area contributed by atoms with Crippen LogP contribution in [0.1, 0.15) is 12.5 Å². The van der Waals surface area contributed by atoms with Gasteiger partial charge in [0.2, 0.25) is 0 Å². The van der Waals surface area contributed by atoms with Gasteiger partial charge in [-0.15, -0.1) is 0 Å². The monoisotopic (exact) mass is 284 g/mol. The number of rotatable bonds is 4. The van der Waals surface area contributed by atoms with Crippen molar-refractivity contribution >= 4 is 21.9 Å². The van der Waals surface area contributed by atoms with E-state index in [1.54, 1.807) is 20.1 Å². The number of carbonyl (C=O) groups is 1. The Morgan fingerprint density at radius 1 is 1.50 bits per heavy atom. The summed E-state index contributed by atoms with van der Waals surface area (Å²) in [4.78, 5) is 11.1. The second-order valence-electron chi connectivity index (χ2n) is 3.06. The van der Waals surface area contributed by atoms with Crippen molar-refractivity contribution in [3.8, 4) is 5.75 Å². The van der Waals surface area contributed by atoms with Gasteiger partial charge in [0, 0.05) is 16.1 Å².